The summed E-state index contributed by atoms with van der Waals surface area (Å²) in [6.07, 6.45) is 2.10. The van der Waals surface area contributed by atoms with Crippen LogP contribution in [-0.2, 0) is 10.0 Å². The number of nitrogens with one attached hydrogen (secondary N) is 2. The van der Waals surface area contributed by atoms with Gasteiger partial charge in [0, 0.05) is 11.4 Å². The first-order valence-electron chi connectivity index (χ1n) is 17.7. The van der Waals surface area contributed by atoms with Crippen molar-refractivity contribution in [1.29, 1.82) is 0 Å². The normalized spacial score (nSPS) is 13.2. The molecule has 6 heteroatoms. The van der Waals surface area contributed by atoms with Gasteiger partial charge in [-0.1, -0.05) is 99.6 Å². The molecule has 2 N–H and O–H groups in total. The number of ether oxygens (including phenoxy) is 1. The van der Waals surface area contributed by atoms with E-state index in [0.717, 1.165) is 52.4 Å². The minimum atomic E-state index is -3.84. The van der Waals surface area contributed by atoms with Gasteiger partial charge in [-0.3, -0.25) is 4.72 Å². The average molecular weight is 669 g/mol. The quantitative estimate of drug-likeness (QED) is 0.140. The van der Waals surface area contributed by atoms with Gasteiger partial charge in [-0.2, -0.15) is 0 Å². The number of sulfonamides is 1. The summed E-state index contributed by atoms with van der Waals surface area (Å²) in [5.74, 6) is 3.02. The third kappa shape index (κ3) is 8.44. The topological polar surface area (TPSA) is 67.4 Å². The number of benzene rings is 4. The summed E-state index contributed by atoms with van der Waals surface area (Å²) < 4.78 is 37.6. The smallest absolute Gasteiger partial charge is 0.262 e. The molecule has 2 unspecified atom stereocenters. The maximum absolute atomic E-state index is 14.0. The summed E-state index contributed by atoms with van der Waals surface area (Å²) in [7, 11) is -3.84. The summed E-state index contributed by atoms with van der Waals surface area (Å²) in [4.78, 5) is 0.406. The summed E-state index contributed by atoms with van der Waals surface area (Å²) in [6, 6.07) is 24.4. The van der Waals surface area contributed by atoms with Crippen LogP contribution in [0.1, 0.15) is 145 Å². The minimum absolute atomic E-state index is 0.0637. The van der Waals surface area contributed by atoms with Crippen molar-refractivity contribution in [3.8, 4) is 11.5 Å². The van der Waals surface area contributed by atoms with Gasteiger partial charge >= 0.3 is 0 Å². The molecular formula is C42H56N2O3S. The number of para-hydroxylation sites is 1. The highest BCUT2D eigenvalue weighted by Crippen LogP contribution is 2.40. The summed E-state index contributed by atoms with van der Waals surface area (Å²) in [5, 5.41) is 3.47. The molecule has 258 valence electrons. The highest BCUT2D eigenvalue weighted by atomic mass is 32.2. The van der Waals surface area contributed by atoms with Crippen LogP contribution in [0.15, 0.2) is 77.7 Å². The van der Waals surface area contributed by atoms with Gasteiger partial charge in [0.15, 0.2) is 0 Å². The van der Waals surface area contributed by atoms with Gasteiger partial charge in [-0.05, 0) is 125 Å². The molecule has 0 saturated heterocycles. The molecule has 0 aliphatic carbocycles. The number of aryl methyl sites for hydroxylation is 1. The zero-order valence-corrected chi connectivity index (χ0v) is 31.7. The van der Waals surface area contributed by atoms with E-state index in [1.54, 1.807) is 0 Å². The first kappa shape index (κ1) is 37.1. The van der Waals surface area contributed by atoms with E-state index in [0.29, 0.717) is 28.3 Å². The molecule has 4 aromatic rings. The molecule has 0 heterocycles. The van der Waals surface area contributed by atoms with Crippen LogP contribution in [-0.4, -0.2) is 8.42 Å². The molecule has 2 atom stereocenters. The molecular weight excluding hydrogens is 613 g/mol. The summed E-state index contributed by atoms with van der Waals surface area (Å²) in [5.41, 5.74) is 8.57. The SMILES string of the molecule is CCC(C)c1cccc(C(C)CC)c1Oc1ccc(Nc2ccc(NS(=O)(=O)c3c(C(C)C)cc(C(C)C)cc3C(C)C)c(C)c2)cc1. The van der Waals surface area contributed by atoms with Crippen LogP contribution in [0.4, 0.5) is 17.1 Å². The number of hydrogen-bond acceptors (Lipinski definition) is 4. The fraction of sp³-hybridized carbons (Fsp3) is 0.429. The summed E-state index contributed by atoms with van der Waals surface area (Å²) in [6.45, 7) is 23.4. The first-order valence-corrected chi connectivity index (χ1v) is 19.1. The molecule has 0 spiro atoms. The van der Waals surface area contributed by atoms with E-state index in [1.165, 1.54) is 16.7 Å². The number of anilines is 3. The molecule has 0 aliphatic heterocycles. The molecule has 0 amide bonds. The molecule has 0 saturated carbocycles. The van der Waals surface area contributed by atoms with Crippen LogP contribution in [0.3, 0.4) is 0 Å². The highest BCUT2D eigenvalue weighted by Gasteiger charge is 2.27. The van der Waals surface area contributed by atoms with Crippen molar-refractivity contribution in [2.75, 3.05) is 10.0 Å². The number of hydrogen-bond donors (Lipinski definition) is 2. The lowest BCUT2D eigenvalue weighted by atomic mass is 9.89. The van der Waals surface area contributed by atoms with Crippen molar-refractivity contribution < 1.29 is 13.2 Å². The van der Waals surface area contributed by atoms with Gasteiger partial charge in [0.05, 0.1) is 10.6 Å². The van der Waals surface area contributed by atoms with Crippen molar-refractivity contribution in [3.05, 3.63) is 106 Å². The lowest BCUT2D eigenvalue weighted by Crippen LogP contribution is -2.19. The Balaban J connectivity index is 1.56. The molecule has 5 nitrogen and oxygen atoms in total. The second-order valence-corrected chi connectivity index (χ2v) is 15.9. The van der Waals surface area contributed by atoms with E-state index in [9.17, 15) is 8.42 Å². The van der Waals surface area contributed by atoms with E-state index in [-0.39, 0.29) is 11.8 Å². The van der Waals surface area contributed by atoms with Gasteiger partial charge in [0.25, 0.3) is 10.0 Å². The Hall–Kier alpha value is -3.77. The number of rotatable bonds is 14. The highest BCUT2D eigenvalue weighted by molar-refractivity contribution is 7.92. The average Bonchev–Trinajstić information content (AvgIpc) is 3.05. The molecule has 4 rings (SSSR count). The Bertz CT molecular complexity index is 1750. The Kier molecular flexibility index (Phi) is 12.1. The predicted molar refractivity (Wildman–Crippen MR) is 204 cm³/mol. The Morgan fingerprint density at radius 1 is 0.646 bits per heavy atom. The van der Waals surface area contributed by atoms with Gasteiger partial charge < -0.3 is 10.1 Å². The zero-order chi connectivity index (χ0) is 35.3. The van der Waals surface area contributed by atoms with E-state index in [1.807, 2.05) is 49.4 Å². The Morgan fingerprint density at radius 2 is 1.17 bits per heavy atom. The Labute approximate surface area is 290 Å². The lowest BCUT2D eigenvalue weighted by Gasteiger charge is -2.23. The van der Waals surface area contributed by atoms with E-state index in [4.69, 9.17) is 4.74 Å². The minimum Gasteiger partial charge on any atom is -0.457 e. The van der Waals surface area contributed by atoms with Crippen molar-refractivity contribution in [1.82, 2.24) is 0 Å². The van der Waals surface area contributed by atoms with Crippen LogP contribution >= 0.6 is 0 Å². The lowest BCUT2D eigenvalue weighted by molar-refractivity contribution is 0.458. The fourth-order valence-corrected chi connectivity index (χ4v) is 7.88. The second-order valence-electron chi connectivity index (χ2n) is 14.3. The van der Waals surface area contributed by atoms with Crippen LogP contribution in [0.25, 0.3) is 0 Å². The molecule has 4 aromatic carbocycles. The third-order valence-corrected chi connectivity index (χ3v) is 11.0. The van der Waals surface area contributed by atoms with Crippen molar-refractivity contribution in [2.24, 2.45) is 0 Å². The molecule has 0 aliphatic rings. The molecule has 0 fully saturated rings. The van der Waals surface area contributed by atoms with Crippen molar-refractivity contribution in [2.45, 2.75) is 123 Å². The van der Waals surface area contributed by atoms with Gasteiger partial charge in [-0.15, -0.1) is 0 Å². The monoisotopic (exact) mass is 668 g/mol. The van der Waals surface area contributed by atoms with Crippen molar-refractivity contribution >= 4 is 27.1 Å². The van der Waals surface area contributed by atoms with Crippen LogP contribution in [0, 0.1) is 6.92 Å². The maximum Gasteiger partial charge on any atom is 0.262 e. The maximum atomic E-state index is 14.0. The fourth-order valence-electron chi connectivity index (χ4n) is 6.05. The molecule has 0 radical (unpaired) electrons. The van der Waals surface area contributed by atoms with Crippen LogP contribution in [0.2, 0.25) is 0 Å². The summed E-state index contributed by atoms with van der Waals surface area (Å²) >= 11 is 0. The van der Waals surface area contributed by atoms with Gasteiger partial charge in [0.1, 0.15) is 11.5 Å². The van der Waals surface area contributed by atoms with Crippen molar-refractivity contribution in [3.63, 3.8) is 0 Å². The molecule has 0 bridgehead atoms. The third-order valence-electron chi connectivity index (χ3n) is 9.54. The standard InChI is InChI=1S/C42H56N2O3S/c1-12-29(9)36-15-14-16-37(30(10)13-2)41(36)47-35-20-17-33(18-21-35)43-34-19-22-40(31(11)23-34)44-48(45,46)42-38(27(5)6)24-32(26(3)4)25-39(42)28(7)8/h14-30,43-44H,12-13H2,1-11H3. The zero-order valence-electron chi connectivity index (χ0n) is 30.9. The molecule has 0 aromatic heterocycles. The van der Waals surface area contributed by atoms with E-state index >= 15 is 0 Å². The van der Waals surface area contributed by atoms with E-state index in [2.05, 4.69) is 110 Å². The first-order chi connectivity index (χ1) is 22.7. The van der Waals surface area contributed by atoms with Gasteiger partial charge in [-0.25, -0.2) is 8.42 Å². The van der Waals surface area contributed by atoms with Crippen LogP contribution < -0.4 is 14.8 Å². The van der Waals surface area contributed by atoms with E-state index < -0.39 is 10.0 Å². The second kappa shape index (κ2) is 15.6. The molecule has 48 heavy (non-hydrogen) atoms. The Morgan fingerprint density at radius 3 is 1.62 bits per heavy atom. The van der Waals surface area contributed by atoms with Gasteiger partial charge in [0.2, 0.25) is 0 Å². The predicted octanol–water partition coefficient (Wildman–Crippen LogP) is 12.7. The largest absolute Gasteiger partial charge is 0.457 e. The van der Waals surface area contributed by atoms with Crippen LogP contribution in [0.5, 0.6) is 11.5 Å².